The third kappa shape index (κ3) is 1.70. The summed E-state index contributed by atoms with van der Waals surface area (Å²) in [7, 11) is 0. The fourth-order valence-electron chi connectivity index (χ4n) is 7.04. The minimum Gasteiger partial charge on any atom is -0.300 e. The van der Waals surface area contributed by atoms with Gasteiger partial charge in [-0.2, -0.15) is 0 Å². The number of rotatable bonds is 0. The normalized spacial score (nSPS) is 55.0. The van der Waals surface area contributed by atoms with Crippen molar-refractivity contribution in [3.63, 3.8) is 0 Å². The molecule has 0 saturated heterocycles. The average molecular weight is 274 g/mol. The first-order valence-electron chi connectivity index (χ1n) is 9.05. The van der Waals surface area contributed by atoms with Gasteiger partial charge in [0, 0.05) is 12.8 Å². The van der Waals surface area contributed by atoms with E-state index in [4.69, 9.17) is 0 Å². The van der Waals surface area contributed by atoms with E-state index in [9.17, 15) is 4.79 Å². The first kappa shape index (κ1) is 13.3. The standard InChI is InChI=1S/C19H30O/c1-18-9-3-4-16(18)15-6-5-13-12-14(20)7-11-19(13,2)17(15)8-10-18/h13,15-17H,3-12H2,1-2H3/t13-,15?,16?,17?,18?,19?/m0/s1. The molecule has 4 aliphatic carbocycles. The summed E-state index contributed by atoms with van der Waals surface area (Å²) in [4.78, 5) is 11.9. The van der Waals surface area contributed by atoms with Gasteiger partial charge in [0.05, 0.1) is 0 Å². The van der Waals surface area contributed by atoms with Gasteiger partial charge in [-0.15, -0.1) is 0 Å². The molecule has 4 saturated carbocycles. The lowest BCUT2D eigenvalue weighted by Crippen LogP contribution is -2.52. The van der Waals surface area contributed by atoms with Crippen molar-refractivity contribution in [3.8, 4) is 0 Å². The number of ketones is 1. The fraction of sp³-hybridized carbons (Fsp3) is 0.947. The molecular formula is C19H30O. The zero-order chi connectivity index (χ0) is 14.0. The second-order valence-corrected chi connectivity index (χ2v) is 8.98. The molecule has 0 aliphatic heterocycles. The van der Waals surface area contributed by atoms with Crippen LogP contribution in [0.15, 0.2) is 0 Å². The van der Waals surface area contributed by atoms with Crippen LogP contribution in [0.25, 0.3) is 0 Å². The van der Waals surface area contributed by atoms with E-state index in [1.54, 1.807) is 0 Å². The fourth-order valence-corrected chi connectivity index (χ4v) is 7.04. The van der Waals surface area contributed by atoms with Crippen LogP contribution in [0, 0.1) is 34.5 Å². The van der Waals surface area contributed by atoms with E-state index in [-0.39, 0.29) is 0 Å². The summed E-state index contributed by atoms with van der Waals surface area (Å²) >= 11 is 0. The van der Waals surface area contributed by atoms with Crippen LogP contribution < -0.4 is 0 Å². The van der Waals surface area contributed by atoms with E-state index in [1.165, 1.54) is 51.4 Å². The Morgan fingerprint density at radius 2 is 1.80 bits per heavy atom. The van der Waals surface area contributed by atoms with Crippen molar-refractivity contribution in [1.29, 1.82) is 0 Å². The molecule has 112 valence electrons. The Hall–Kier alpha value is -0.330. The summed E-state index contributed by atoms with van der Waals surface area (Å²) in [6.45, 7) is 5.14. The molecule has 1 heteroatoms. The van der Waals surface area contributed by atoms with Crippen LogP contribution >= 0.6 is 0 Å². The van der Waals surface area contributed by atoms with Crippen molar-refractivity contribution < 1.29 is 4.79 Å². The molecule has 0 N–H and O–H groups in total. The number of carbonyl (C=O) groups excluding carboxylic acids is 1. The maximum absolute atomic E-state index is 11.9. The number of Topliss-reactive ketones (excluding diaryl/α,β-unsaturated/α-hetero) is 1. The van der Waals surface area contributed by atoms with Gasteiger partial charge in [0.25, 0.3) is 0 Å². The van der Waals surface area contributed by atoms with E-state index in [0.717, 1.165) is 36.5 Å². The summed E-state index contributed by atoms with van der Waals surface area (Å²) < 4.78 is 0. The minimum absolute atomic E-state index is 0.501. The predicted molar refractivity (Wildman–Crippen MR) is 81.4 cm³/mol. The first-order valence-corrected chi connectivity index (χ1v) is 9.05. The lowest BCUT2D eigenvalue weighted by molar-refractivity contribution is -0.137. The summed E-state index contributed by atoms with van der Waals surface area (Å²) in [6, 6.07) is 0. The van der Waals surface area contributed by atoms with Gasteiger partial charge in [0.15, 0.2) is 0 Å². The Morgan fingerprint density at radius 1 is 0.950 bits per heavy atom. The highest BCUT2D eigenvalue weighted by Gasteiger charge is 2.57. The van der Waals surface area contributed by atoms with Crippen LogP contribution in [-0.4, -0.2) is 5.78 Å². The molecule has 0 aromatic carbocycles. The molecule has 5 unspecified atom stereocenters. The number of hydrogen-bond donors (Lipinski definition) is 0. The van der Waals surface area contributed by atoms with E-state index in [2.05, 4.69) is 13.8 Å². The van der Waals surface area contributed by atoms with Gasteiger partial charge in [-0.25, -0.2) is 0 Å². The van der Waals surface area contributed by atoms with Crippen molar-refractivity contribution in [2.75, 3.05) is 0 Å². The molecule has 0 spiro atoms. The zero-order valence-electron chi connectivity index (χ0n) is 13.3. The van der Waals surface area contributed by atoms with Crippen LogP contribution in [0.3, 0.4) is 0 Å². The van der Waals surface area contributed by atoms with Gasteiger partial charge in [0.2, 0.25) is 0 Å². The summed E-state index contributed by atoms with van der Waals surface area (Å²) in [5.41, 5.74) is 1.18. The maximum Gasteiger partial charge on any atom is 0.133 e. The van der Waals surface area contributed by atoms with Crippen LogP contribution in [-0.2, 0) is 4.79 Å². The first-order chi connectivity index (χ1) is 9.53. The van der Waals surface area contributed by atoms with E-state index in [0.29, 0.717) is 16.6 Å². The molecule has 4 fully saturated rings. The molecular weight excluding hydrogens is 244 g/mol. The largest absolute Gasteiger partial charge is 0.300 e. The van der Waals surface area contributed by atoms with Crippen LogP contribution in [0.5, 0.6) is 0 Å². The summed E-state index contributed by atoms with van der Waals surface area (Å²) in [6.07, 6.45) is 13.1. The van der Waals surface area contributed by atoms with Crippen molar-refractivity contribution in [2.45, 2.75) is 78.1 Å². The van der Waals surface area contributed by atoms with Crippen molar-refractivity contribution >= 4 is 5.78 Å². The second-order valence-electron chi connectivity index (χ2n) is 8.98. The second kappa shape index (κ2) is 4.34. The Kier molecular flexibility index (Phi) is 2.89. The quantitative estimate of drug-likeness (QED) is 0.608. The van der Waals surface area contributed by atoms with E-state index < -0.39 is 0 Å². The molecule has 1 nitrogen and oxygen atoms in total. The topological polar surface area (TPSA) is 17.1 Å². The van der Waals surface area contributed by atoms with Gasteiger partial charge in [-0.3, -0.25) is 4.79 Å². The Labute approximate surface area is 123 Å². The van der Waals surface area contributed by atoms with Crippen LogP contribution in [0.4, 0.5) is 0 Å². The molecule has 0 aromatic rings. The molecule has 0 radical (unpaired) electrons. The van der Waals surface area contributed by atoms with Gasteiger partial charge in [-0.05, 0) is 79.4 Å². The number of hydrogen-bond acceptors (Lipinski definition) is 1. The number of carbonyl (C=O) groups is 1. The SMILES string of the molecule is CC12CCCC1C1CC[C@H]3CC(=O)CCC3(C)C1CC2. The predicted octanol–water partition coefficient (Wildman–Crippen LogP) is 4.99. The van der Waals surface area contributed by atoms with Gasteiger partial charge in [-0.1, -0.05) is 20.3 Å². The van der Waals surface area contributed by atoms with Crippen LogP contribution in [0.2, 0.25) is 0 Å². The summed E-state index contributed by atoms with van der Waals surface area (Å²) in [5, 5.41) is 0. The Balaban J connectivity index is 1.64. The maximum atomic E-state index is 11.9. The van der Waals surface area contributed by atoms with Crippen LogP contribution in [0.1, 0.15) is 78.1 Å². The van der Waals surface area contributed by atoms with Crippen molar-refractivity contribution in [1.82, 2.24) is 0 Å². The molecule has 6 atom stereocenters. The molecule has 0 amide bonds. The highest BCUT2D eigenvalue weighted by Crippen LogP contribution is 2.65. The van der Waals surface area contributed by atoms with Crippen molar-refractivity contribution in [3.05, 3.63) is 0 Å². The lowest BCUT2D eigenvalue weighted by atomic mass is 9.45. The smallest absolute Gasteiger partial charge is 0.133 e. The molecule has 0 bridgehead atoms. The van der Waals surface area contributed by atoms with Gasteiger partial charge >= 0.3 is 0 Å². The molecule has 20 heavy (non-hydrogen) atoms. The zero-order valence-corrected chi connectivity index (χ0v) is 13.3. The van der Waals surface area contributed by atoms with Gasteiger partial charge in [0.1, 0.15) is 5.78 Å². The molecule has 4 aliphatic rings. The average Bonchev–Trinajstić information content (AvgIpc) is 2.81. The Bertz CT molecular complexity index is 427. The monoisotopic (exact) mass is 274 g/mol. The molecule has 0 heterocycles. The van der Waals surface area contributed by atoms with E-state index in [1.807, 2.05) is 0 Å². The van der Waals surface area contributed by atoms with Gasteiger partial charge < -0.3 is 0 Å². The highest BCUT2D eigenvalue weighted by molar-refractivity contribution is 5.79. The van der Waals surface area contributed by atoms with Crippen molar-refractivity contribution in [2.24, 2.45) is 34.5 Å². The summed E-state index contributed by atoms with van der Waals surface area (Å²) in [5.74, 6) is 4.20. The minimum atomic E-state index is 0.501. The molecule has 4 rings (SSSR count). The third-order valence-electron chi connectivity index (χ3n) is 8.26. The number of fused-ring (bicyclic) bond motifs is 5. The Morgan fingerprint density at radius 3 is 2.65 bits per heavy atom. The molecule has 0 aromatic heterocycles. The third-order valence-corrected chi connectivity index (χ3v) is 8.26. The van der Waals surface area contributed by atoms with E-state index >= 15 is 0 Å². The highest BCUT2D eigenvalue weighted by atomic mass is 16.1. The lowest BCUT2D eigenvalue weighted by Gasteiger charge is -2.59.